The molecule has 0 spiro atoms. The van der Waals surface area contributed by atoms with Crippen molar-refractivity contribution in [1.29, 1.82) is 68.4 Å². The Morgan fingerprint density at radius 1 is 0.261 bits per heavy atom. The smallest absolute Gasteiger partial charge is 0.309 e. The number of nitriles is 13. The summed E-state index contributed by atoms with van der Waals surface area (Å²) < 4.78 is 52.5. The van der Waals surface area contributed by atoms with E-state index in [0.29, 0.717) is 54.8 Å². The van der Waals surface area contributed by atoms with Crippen molar-refractivity contribution >= 4 is 43.6 Å². The van der Waals surface area contributed by atoms with Crippen molar-refractivity contribution in [2.24, 2.45) is 0 Å². The summed E-state index contributed by atoms with van der Waals surface area (Å²) >= 11 is 0. The van der Waals surface area contributed by atoms with Crippen LogP contribution in [0, 0.1) is 147 Å². The van der Waals surface area contributed by atoms with Crippen LogP contribution >= 0.6 is 0 Å². The minimum atomic E-state index is -5.11. The van der Waals surface area contributed by atoms with Crippen molar-refractivity contribution in [3.63, 3.8) is 0 Å². The van der Waals surface area contributed by atoms with E-state index in [1.54, 1.807) is 81.9 Å². The molecule has 15 nitrogen and oxygen atoms in total. The standard InChI is InChI=1S/C74H26F3N15/c75-74(76,77)62-2-1-3-68(92-65-12-7-47(71-53(36-87)18-43(30-81)19-54(71)37-88)25-59(65)60-26-48(8-13-66(60)92)72-55(38-89)20-44(31-82)21-56(72)39-90)73(62)61-22-40(27-78)4-9-67(61)91-63-10-5-45(69-49(32-83)14-41(28-79)15-50(69)33-84)23-57(63)58-24-46(6-11-64(58)91)70-51(34-85)16-42(29-80)17-52(70)35-86/h1-26H. The van der Waals surface area contributed by atoms with E-state index in [2.05, 4.69) is 54.6 Å². The third-order valence-corrected chi connectivity index (χ3v) is 15.9. The van der Waals surface area contributed by atoms with E-state index in [0.717, 1.165) is 6.07 Å². The monoisotopic (exact) mass is 1180 g/mol. The molecule has 12 aromatic rings. The highest BCUT2D eigenvalue weighted by molar-refractivity contribution is 6.15. The quantitative estimate of drug-likeness (QED) is 0.143. The number of fused-ring (bicyclic) bond motifs is 6. The van der Waals surface area contributed by atoms with Crippen LogP contribution in [0.5, 0.6) is 0 Å². The van der Waals surface area contributed by atoms with E-state index in [1.807, 2.05) is 24.3 Å². The first-order chi connectivity index (χ1) is 44.6. The average Bonchev–Trinajstić information content (AvgIpc) is 1.53. The van der Waals surface area contributed by atoms with Gasteiger partial charge < -0.3 is 9.13 Å². The van der Waals surface area contributed by atoms with Gasteiger partial charge in [0.1, 0.15) is 0 Å². The number of alkyl halides is 3. The molecule has 0 unspecified atom stereocenters. The van der Waals surface area contributed by atoms with Gasteiger partial charge in [0.05, 0.1) is 190 Å². The molecule has 2 heterocycles. The molecule has 0 aliphatic heterocycles. The molecule has 92 heavy (non-hydrogen) atoms. The predicted molar refractivity (Wildman–Crippen MR) is 329 cm³/mol. The Labute approximate surface area is 519 Å². The molecule has 10 aromatic carbocycles. The Bertz CT molecular complexity index is 5560. The van der Waals surface area contributed by atoms with Crippen molar-refractivity contribution < 1.29 is 13.2 Å². The van der Waals surface area contributed by atoms with Gasteiger partial charge in [-0.25, -0.2) is 0 Å². The Kier molecular flexibility index (Phi) is 14.0. The Balaban J connectivity index is 1.21. The first kappa shape index (κ1) is 57.4. The number of benzene rings is 10. The molecule has 0 atom stereocenters. The minimum Gasteiger partial charge on any atom is -0.309 e. The van der Waals surface area contributed by atoms with Crippen molar-refractivity contribution in [3.05, 3.63) is 236 Å². The molecule has 0 amide bonds. The van der Waals surface area contributed by atoms with E-state index in [9.17, 15) is 68.4 Å². The highest BCUT2D eigenvalue weighted by Crippen LogP contribution is 2.49. The van der Waals surface area contributed by atoms with Crippen LogP contribution in [0.3, 0.4) is 0 Å². The number of hydrogen-bond acceptors (Lipinski definition) is 13. The molecular weight excluding hydrogens is 1160 g/mol. The maximum atomic E-state index is 16.4. The van der Waals surface area contributed by atoms with Gasteiger partial charge in [-0.1, -0.05) is 30.3 Å². The zero-order valence-corrected chi connectivity index (χ0v) is 46.9. The Morgan fingerprint density at radius 3 is 0.804 bits per heavy atom. The van der Waals surface area contributed by atoms with Crippen molar-refractivity contribution in [2.45, 2.75) is 6.18 Å². The summed E-state index contributed by atoms with van der Waals surface area (Å²) in [5, 5.41) is 135. The third kappa shape index (κ3) is 9.13. The molecule has 0 aliphatic rings. The second kappa shape index (κ2) is 22.4. The molecule has 0 saturated heterocycles. The van der Waals surface area contributed by atoms with Gasteiger partial charge in [0, 0.05) is 54.9 Å². The molecule has 2 aromatic heterocycles. The number of halogens is 3. The maximum absolute atomic E-state index is 16.4. The van der Waals surface area contributed by atoms with Crippen LogP contribution < -0.4 is 0 Å². The van der Waals surface area contributed by atoms with E-state index in [-0.39, 0.29) is 123 Å². The lowest BCUT2D eigenvalue weighted by atomic mass is 9.91. The molecule has 0 fully saturated rings. The Morgan fingerprint density at radius 2 is 0.543 bits per heavy atom. The second-order valence-electron chi connectivity index (χ2n) is 20.8. The van der Waals surface area contributed by atoms with E-state index in [1.165, 1.54) is 78.9 Å². The first-order valence-electron chi connectivity index (χ1n) is 27.1. The lowest BCUT2D eigenvalue weighted by Crippen LogP contribution is -2.11. The maximum Gasteiger partial charge on any atom is 0.417 e. The van der Waals surface area contributed by atoms with Crippen molar-refractivity contribution in [1.82, 2.24) is 9.13 Å². The zero-order valence-electron chi connectivity index (χ0n) is 46.9. The highest BCUT2D eigenvalue weighted by Gasteiger charge is 2.37. The number of hydrogen-bond donors (Lipinski definition) is 0. The summed E-state index contributed by atoms with van der Waals surface area (Å²) in [6.45, 7) is 0. The fourth-order valence-corrected chi connectivity index (χ4v) is 12.2. The van der Waals surface area contributed by atoms with Gasteiger partial charge in [0.15, 0.2) is 0 Å². The largest absolute Gasteiger partial charge is 0.417 e. The molecule has 18 heteroatoms. The molecule has 0 aliphatic carbocycles. The minimum absolute atomic E-state index is 0.0105. The first-order valence-corrected chi connectivity index (χ1v) is 27.1. The number of nitrogens with zero attached hydrogens (tertiary/aromatic N) is 15. The predicted octanol–water partition coefficient (Wildman–Crippen LogP) is 15.6. The zero-order chi connectivity index (χ0) is 64.9. The lowest BCUT2D eigenvalue weighted by Gasteiger charge is -2.23. The normalized spacial score (nSPS) is 10.6. The second-order valence-corrected chi connectivity index (χ2v) is 20.8. The number of aromatic nitrogens is 2. The summed E-state index contributed by atoms with van der Waals surface area (Å²) in [4.78, 5) is 0. The van der Waals surface area contributed by atoms with Gasteiger partial charge in [0.2, 0.25) is 0 Å². The van der Waals surface area contributed by atoms with Crippen LogP contribution in [0.2, 0.25) is 0 Å². The van der Waals surface area contributed by atoms with Crippen LogP contribution in [-0.4, -0.2) is 9.13 Å². The fraction of sp³-hybridized carbons (Fsp3) is 0.0135. The summed E-state index contributed by atoms with van der Waals surface area (Å²) in [6.07, 6.45) is -5.11. The summed E-state index contributed by atoms with van der Waals surface area (Å²) in [5.41, 5.74) is 1.46. The molecule has 0 bridgehead atoms. The van der Waals surface area contributed by atoms with E-state index >= 15 is 13.2 Å². The molecular formula is C74H26F3N15. The molecule has 418 valence electrons. The van der Waals surface area contributed by atoms with Crippen LogP contribution in [0.25, 0.3) is 111 Å². The van der Waals surface area contributed by atoms with Crippen LogP contribution in [0.1, 0.15) is 77.9 Å². The van der Waals surface area contributed by atoms with Gasteiger partial charge in [-0.15, -0.1) is 0 Å². The SMILES string of the molecule is N#Cc1cc(C#N)c(-c2ccc3c(c2)c2cc(-c4c(C#N)cc(C#N)cc4C#N)ccc2n3-c2ccc(C#N)cc2-c2c(-n3c4ccc(-c5c(C#N)cc(C#N)cc5C#N)cc4c4cc(-c5c(C#N)cc(C#N)cc5C#N)ccc43)cccc2C(F)(F)F)c(C#N)c1. The van der Waals surface area contributed by atoms with Gasteiger partial charge in [-0.2, -0.15) is 81.6 Å². The van der Waals surface area contributed by atoms with Gasteiger partial charge >= 0.3 is 6.18 Å². The third-order valence-electron chi connectivity index (χ3n) is 15.9. The van der Waals surface area contributed by atoms with E-state index < -0.39 is 17.3 Å². The topological polar surface area (TPSA) is 319 Å². The lowest BCUT2D eigenvalue weighted by molar-refractivity contribution is -0.137. The fourth-order valence-electron chi connectivity index (χ4n) is 12.2. The highest BCUT2D eigenvalue weighted by atomic mass is 19.4. The van der Waals surface area contributed by atoms with Crippen LogP contribution in [-0.2, 0) is 6.18 Å². The van der Waals surface area contributed by atoms with Gasteiger partial charge in [-0.05, 0) is 150 Å². The van der Waals surface area contributed by atoms with Gasteiger partial charge in [0.25, 0.3) is 0 Å². The molecule has 0 N–H and O–H groups in total. The van der Waals surface area contributed by atoms with Crippen LogP contribution in [0.15, 0.2) is 158 Å². The molecule has 0 radical (unpaired) electrons. The van der Waals surface area contributed by atoms with Gasteiger partial charge in [-0.3, -0.25) is 0 Å². The summed E-state index contributed by atoms with van der Waals surface area (Å²) in [6, 6.07) is 64.6. The van der Waals surface area contributed by atoms with Crippen molar-refractivity contribution in [3.8, 4) is 146 Å². The van der Waals surface area contributed by atoms with Crippen LogP contribution in [0.4, 0.5) is 13.2 Å². The number of rotatable bonds is 7. The molecule has 0 saturated carbocycles. The molecule has 12 rings (SSSR count). The summed E-state index contributed by atoms with van der Waals surface area (Å²) in [7, 11) is 0. The van der Waals surface area contributed by atoms with E-state index in [4.69, 9.17) is 0 Å². The van der Waals surface area contributed by atoms with Crippen molar-refractivity contribution in [2.75, 3.05) is 0 Å². The summed E-state index contributed by atoms with van der Waals surface area (Å²) in [5.74, 6) is 0. The Hall–Kier alpha value is -15.0. The average molecular weight is 1180 g/mol.